The van der Waals surface area contributed by atoms with Crippen molar-refractivity contribution >= 4 is 11.6 Å². The van der Waals surface area contributed by atoms with E-state index in [0.29, 0.717) is 56.6 Å². The van der Waals surface area contributed by atoms with Gasteiger partial charge in [-0.05, 0) is 36.1 Å². The van der Waals surface area contributed by atoms with Crippen molar-refractivity contribution in [3.05, 3.63) is 58.5 Å². The van der Waals surface area contributed by atoms with Crippen molar-refractivity contribution < 1.29 is 18.1 Å². The number of piperidine rings is 1. The maximum atomic E-state index is 13.5. The van der Waals surface area contributed by atoms with Gasteiger partial charge >= 0.3 is 6.03 Å². The average Bonchev–Trinajstić information content (AvgIpc) is 3.19. The topological polar surface area (TPSA) is 73.4 Å². The minimum absolute atomic E-state index is 0.0442. The van der Waals surface area contributed by atoms with Gasteiger partial charge in [-0.2, -0.15) is 5.26 Å². The smallest absolute Gasteiger partial charge is 0.320 e. The van der Waals surface area contributed by atoms with Crippen molar-refractivity contribution in [3.63, 3.8) is 0 Å². The first kappa shape index (κ1) is 18.2. The Balaban J connectivity index is 1.45. The fourth-order valence-corrected chi connectivity index (χ4v) is 3.72. The summed E-state index contributed by atoms with van der Waals surface area (Å²) < 4.78 is 31.7. The molecule has 0 radical (unpaired) electrons. The first-order valence-electron chi connectivity index (χ1n) is 9.10. The van der Waals surface area contributed by atoms with Crippen LogP contribution in [-0.4, -0.2) is 40.6 Å². The highest BCUT2D eigenvalue weighted by Crippen LogP contribution is 2.28. The Morgan fingerprint density at radius 3 is 2.57 bits per heavy atom. The number of hydrogen-bond acceptors (Lipinski definition) is 4. The van der Waals surface area contributed by atoms with Crippen molar-refractivity contribution in [2.75, 3.05) is 19.6 Å². The molecular weight excluding hydrogens is 366 g/mol. The van der Waals surface area contributed by atoms with Gasteiger partial charge in [0.1, 0.15) is 6.26 Å². The Morgan fingerprint density at radius 2 is 1.86 bits per heavy atom. The SMILES string of the molecule is N#CC(=C1CCN(C(=O)N2CCc3nocc3C2)CC1)c1ccc(F)c(F)c1. The molecule has 0 saturated carbocycles. The second kappa shape index (κ2) is 7.43. The molecule has 0 bridgehead atoms. The third-order valence-corrected chi connectivity index (χ3v) is 5.29. The molecule has 3 heterocycles. The molecule has 2 aliphatic rings. The first-order valence-corrected chi connectivity index (χ1v) is 9.10. The van der Waals surface area contributed by atoms with Crippen LogP contribution in [0.15, 0.2) is 34.6 Å². The maximum absolute atomic E-state index is 13.5. The number of fused-ring (bicyclic) bond motifs is 1. The van der Waals surface area contributed by atoms with Crippen LogP contribution in [0.5, 0.6) is 0 Å². The van der Waals surface area contributed by atoms with Crippen LogP contribution in [0.25, 0.3) is 5.57 Å². The van der Waals surface area contributed by atoms with Gasteiger partial charge in [0, 0.05) is 31.6 Å². The first-order chi connectivity index (χ1) is 13.6. The zero-order valence-corrected chi connectivity index (χ0v) is 15.1. The third kappa shape index (κ3) is 3.36. The summed E-state index contributed by atoms with van der Waals surface area (Å²) >= 11 is 0. The van der Waals surface area contributed by atoms with E-state index in [-0.39, 0.29) is 6.03 Å². The Bertz CT molecular complexity index is 982. The maximum Gasteiger partial charge on any atom is 0.320 e. The number of nitriles is 1. The van der Waals surface area contributed by atoms with Gasteiger partial charge in [-0.15, -0.1) is 0 Å². The molecule has 0 spiro atoms. The predicted octanol–water partition coefficient (Wildman–Crippen LogP) is 3.50. The van der Waals surface area contributed by atoms with Crippen LogP contribution >= 0.6 is 0 Å². The van der Waals surface area contributed by atoms with Crippen LogP contribution < -0.4 is 0 Å². The number of benzene rings is 1. The van der Waals surface area contributed by atoms with Gasteiger partial charge in [-0.25, -0.2) is 13.6 Å². The van der Waals surface area contributed by atoms with Gasteiger partial charge in [0.2, 0.25) is 0 Å². The largest absolute Gasteiger partial charge is 0.364 e. The Labute approximate surface area is 160 Å². The fraction of sp³-hybridized carbons (Fsp3) is 0.350. The summed E-state index contributed by atoms with van der Waals surface area (Å²) in [7, 11) is 0. The molecule has 0 N–H and O–H groups in total. The van der Waals surface area contributed by atoms with Crippen molar-refractivity contribution in [2.45, 2.75) is 25.8 Å². The minimum atomic E-state index is -0.975. The van der Waals surface area contributed by atoms with Gasteiger partial charge in [-0.1, -0.05) is 11.2 Å². The third-order valence-electron chi connectivity index (χ3n) is 5.29. The number of carbonyl (C=O) groups is 1. The lowest BCUT2D eigenvalue weighted by Gasteiger charge is -2.35. The number of amides is 2. The fourth-order valence-electron chi connectivity index (χ4n) is 3.72. The minimum Gasteiger partial charge on any atom is -0.364 e. The molecule has 1 aromatic heterocycles. The lowest BCUT2D eigenvalue weighted by Crippen LogP contribution is -2.47. The Hall–Kier alpha value is -3.21. The Kier molecular flexibility index (Phi) is 4.82. The van der Waals surface area contributed by atoms with Gasteiger partial charge in [-0.3, -0.25) is 0 Å². The highest BCUT2D eigenvalue weighted by atomic mass is 19.2. The van der Waals surface area contributed by atoms with E-state index in [1.165, 1.54) is 6.07 Å². The van der Waals surface area contributed by atoms with Crippen LogP contribution in [0.4, 0.5) is 13.6 Å². The molecule has 6 nitrogen and oxygen atoms in total. The number of carbonyl (C=O) groups excluding carboxylic acids is 1. The van der Waals surface area contributed by atoms with Crippen LogP contribution in [0.3, 0.4) is 0 Å². The lowest BCUT2D eigenvalue weighted by atomic mass is 9.94. The highest BCUT2D eigenvalue weighted by Gasteiger charge is 2.29. The number of rotatable bonds is 1. The number of urea groups is 1. The quantitative estimate of drug-likeness (QED) is 0.706. The molecular formula is C20H18F2N4O2. The summed E-state index contributed by atoms with van der Waals surface area (Å²) in [6.07, 6.45) is 3.30. The van der Waals surface area contributed by atoms with Crippen molar-refractivity contribution in [1.82, 2.24) is 15.0 Å². The number of likely N-dealkylation sites (tertiary alicyclic amines) is 1. The van der Waals surface area contributed by atoms with Gasteiger partial charge in [0.05, 0.1) is 23.9 Å². The van der Waals surface area contributed by atoms with Crippen LogP contribution in [0.2, 0.25) is 0 Å². The van der Waals surface area contributed by atoms with Crippen molar-refractivity contribution in [2.24, 2.45) is 0 Å². The summed E-state index contributed by atoms with van der Waals surface area (Å²) in [6, 6.07) is 5.54. The molecule has 4 rings (SSSR count). The molecule has 0 unspecified atom stereocenters. The van der Waals surface area contributed by atoms with E-state index in [4.69, 9.17) is 4.52 Å². The lowest BCUT2D eigenvalue weighted by molar-refractivity contribution is 0.144. The van der Waals surface area contributed by atoms with Crippen molar-refractivity contribution in [1.29, 1.82) is 5.26 Å². The van der Waals surface area contributed by atoms with Crippen LogP contribution in [0.1, 0.15) is 29.7 Å². The van der Waals surface area contributed by atoms with E-state index < -0.39 is 11.6 Å². The summed E-state index contributed by atoms with van der Waals surface area (Å²) in [5.41, 5.74) is 3.42. The highest BCUT2D eigenvalue weighted by molar-refractivity contribution is 5.80. The van der Waals surface area contributed by atoms with E-state index in [0.717, 1.165) is 29.0 Å². The monoisotopic (exact) mass is 384 g/mol. The number of nitrogens with zero attached hydrogens (tertiary/aromatic N) is 4. The van der Waals surface area contributed by atoms with E-state index >= 15 is 0 Å². The van der Waals surface area contributed by atoms with E-state index in [1.807, 2.05) is 0 Å². The molecule has 1 aromatic carbocycles. The number of halogens is 2. The summed E-state index contributed by atoms with van der Waals surface area (Å²) in [4.78, 5) is 16.4. The van der Waals surface area contributed by atoms with E-state index in [9.17, 15) is 18.8 Å². The molecule has 2 aromatic rings. The van der Waals surface area contributed by atoms with Gasteiger partial charge < -0.3 is 14.3 Å². The second-order valence-electron chi connectivity index (χ2n) is 6.95. The molecule has 0 atom stereocenters. The van der Waals surface area contributed by atoms with Crippen molar-refractivity contribution in [3.8, 4) is 6.07 Å². The molecule has 28 heavy (non-hydrogen) atoms. The van der Waals surface area contributed by atoms with E-state index in [2.05, 4.69) is 11.2 Å². The predicted molar refractivity (Wildman–Crippen MR) is 95.7 cm³/mol. The van der Waals surface area contributed by atoms with Crippen LogP contribution in [0, 0.1) is 23.0 Å². The molecule has 2 aliphatic heterocycles. The standard InChI is InChI=1S/C20H18F2N4O2/c21-17-2-1-14(9-18(17)22)16(10-23)13-3-6-25(7-4-13)20(27)26-8-5-19-15(11-26)12-28-24-19/h1-2,9,12H,3-8,11H2. The Morgan fingerprint density at radius 1 is 1.11 bits per heavy atom. The van der Waals surface area contributed by atoms with E-state index in [1.54, 1.807) is 16.1 Å². The molecule has 1 saturated heterocycles. The summed E-state index contributed by atoms with van der Waals surface area (Å²) in [6.45, 7) is 2.04. The molecule has 144 valence electrons. The van der Waals surface area contributed by atoms with Gasteiger partial charge in [0.15, 0.2) is 11.6 Å². The van der Waals surface area contributed by atoms with Crippen LogP contribution in [-0.2, 0) is 13.0 Å². The number of aromatic nitrogens is 1. The summed E-state index contributed by atoms with van der Waals surface area (Å²) in [5.74, 6) is -1.92. The molecule has 2 amide bonds. The molecule has 8 heteroatoms. The normalized spacial score (nSPS) is 16.5. The zero-order valence-electron chi connectivity index (χ0n) is 15.1. The average molecular weight is 384 g/mol. The zero-order chi connectivity index (χ0) is 19.7. The summed E-state index contributed by atoms with van der Waals surface area (Å²) in [5, 5.41) is 13.4. The number of hydrogen-bond donors (Lipinski definition) is 0. The molecule has 0 aliphatic carbocycles. The second-order valence-corrected chi connectivity index (χ2v) is 6.95. The molecule has 1 fully saturated rings. The van der Waals surface area contributed by atoms with Gasteiger partial charge in [0.25, 0.3) is 0 Å². The number of allylic oxidation sites excluding steroid dienone is 1.